The van der Waals surface area contributed by atoms with Crippen molar-refractivity contribution in [2.45, 2.75) is 26.3 Å². The molecule has 7 heteroatoms. The summed E-state index contributed by atoms with van der Waals surface area (Å²) in [6.45, 7) is 9.61. The van der Waals surface area contributed by atoms with Crippen LogP contribution in [0.15, 0.2) is 23.1 Å². The molecule has 1 fully saturated rings. The fraction of sp³-hybridized carbons (Fsp3) is 0.588. The van der Waals surface area contributed by atoms with Crippen LogP contribution in [0.1, 0.15) is 19.8 Å². The van der Waals surface area contributed by atoms with Gasteiger partial charge in [0.2, 0.25) is 0 Å². The van der Waals surface area contributed by atoms with Gasteiger partial charge >= 0.3 is 0 Å². The second-order valence-electron chi connectivity index (χ2n) is 6.32. The summed E-state index contributed by atoms with van der Waals surface area (Å²) in [5.41, 5.74) is 0.519. The molecule has 0 radical (unpaired) electrons. The topological polar surface area (TPSA) is 57.2 Å². The molecule has 0 aromatic carbocycles. The van der Waals surface area contributed by atoms with Gasteiger partial charge in [0.05, 0.1) is 5.39 Å². The zero-order chi connectivity index (χ0) is 16.9. The second kappa shape index (κ2) is 8.00. The molecular formula is C17H25N5OS. The first-order valence-corrected chi connectivity index (χ1v) is 9.12. The largest absolute Gasteiger partial charge is 0.316 e. The number of nitrogens with one attached hydrogen (secondary N) is 1. The van der Waals surface area contributed by atoms with E-state index in [0.717, 1.165) is 39.1 Å². The summed E-state index contributed by atoms with van der Waals surface area (Å²) < 4.78 is 2.12. The molecule has 0 saturated carbocycles. The number of nitrogens with zero attached hydrogens (tertiary/aromatic N) is 4. The SMILES string of the molecule is CCCN1CCN(CCCn2c(=S)[nH]c3ncccc3c2=O)CC1. The van der Waals surface area contributed by atoms with Crippen molar-refractivity contribution >= 4 is 23.3 Å². The number of hydrogen-bond donors (Lipinski definition) is 1. The maximum atomic E-state index is 12.6. The molecule has 1 aliphatic heterocycles. The van der Waals surface area contributed by atoms with Crippen molar-refractivity contribution in [3.63, 3.8) is 0 Å². The Balaban J connectivity index is 1.59. The van der Waals surface area contributed by atoms with Gasteiger partial charge in [0.25, 0.3) is 5.56 Å². The molecule has 0 amide bonds. The number of aromatic nitrogens is 3. The normalized spacial score (nSPS) is 16.7. The van der Waals surface area contributed by atoms with Gasteiger partial charge in [-0.3, -0.25) is 9.36 Å². The van der Waals surface area contributed by atoms with Crippen molar-refractivity contribution in [1.82, 2.24) is 24.3 Å². The molecule has 24 heavy (non-hydrogen) atoms. The van der Waals surface area contributed by atoms with Gasteiger partial charge in [-0.2, -0.15) is 0 Å². The minimum atomic E-state index is -0.0467. The summed E-state index contributed by atoms with van der Waals surface area (Å²) in [5.74, 6) is 0. The van der Waals surface area contributed by atoms with Gasteiger partial charge in [-0.1, -0.05) is 6.92 Å². The van der Waals surface area contributed by atoms with E-state index < -0.39 is 0 Å². The monoisotopic (exact) mass is 347 g/mol. The lowest BCUT2D eigenvalue weighted by Gasteiger charge is -2.34. The number of aromatic amines is 1. The van der Waals surface area contributed by atoms with Crippen LogP contribution in [-0.2, 0) is 6.54 Å². The number of hydrogen-bond acceptors (Lipinski definition) is 5. The van der Waals surface area contributed by atoms with Crippen LogP contribution in [0.25, 0.3) is 11.0 Å². The van der Waals surface area contributed by atoms with Crippen molar-refractivity contribution in [3.8, 4) is 0 Å². The molecule has 0 atom stereocenters. The molecule has 2 aromatic heterocycles. The minimum absolute atomic E-state index is 0.0467. The maximum absolute atomic E-state index is 12.6. The molecule has 0 aliphatic carbocycles. The van der Waals surface area contributed by atoms with E-state index in [4.69, 9.17) is 12.2 Å². The lowest BCUT2D eigenvalue weighted by Crippen LogP contribution is -2.46. The summed E-state index contributed by atoms with van der Waals surface area (Å²) in [5, 5.41) is 0.597. The summed E-state index contributed by atoms with van der Waals surface area (Å²) in [6, 6.07) is 3.57. The Hall–Kier alpha value is -1.57. The number of rotatable bonds is 6. The van der Waals surface area contributed by atoms with Crippen molar-refractivity contribution < 1.29 is 0 Å². The summed E-state index contributed by atoms with van der Waals surface area (Å²) in [7, 11) is 0. The smallest absolute Gasteiger partial charge is 0.263 e. The van der Waals surface area contributed by atoms with Gasteiger partial charge in [0.1, 0.15) is 5.65 Å². The number of piperazine rings is 1. The van der Waals surface area contributed by atoms with E-state index in [9.17, 15) is 4.79 Å². The van der Waals surface area contributed by atoms with Gasteiger partial charge in [-0.15, -0.1) is 0 Å². The molecule has 2 aromatic rings. The number of fused-ring (bicyclic) bond motifs is 1. The molecule has 6 nitrogen and oxygen atoms in total. The van der Waals surface area contributed by atoms with E-state index in [2.05, 4.69) is 26.7 Å². The predicted octanol–water partition coefficient (Wildman–Crippen LogP) is 1.87. The highest BCUT2D eigenvalue weighted by Gasteiger charge is 2.15. The Labute approximate surface area is 147 Å². The van der Waals surface area contributed by atoms with Gasteiger partial charge < -0.3 is 14.8 Å². The van der Waals surface area contributed by atoms with Crippen LogP contribution in [0.3, 0.4) is 0 Å². The van der Waals surface area contributed by atoms with Gasteiger partial charge in [-0.25, -0.2) is 4.98 Å². The Bertz CT molecular complexity index is 791. The fourth-order valence-electron chi connectivity index (χ4n) is 3.29. The van der Waals surface area contributed by atoms with E-state index >= 15 is 0 Å². The molecule has 0 unspecified atom stereocenters. The highest BCUT2D eigenvalue weighted by Crippen LogP contribution is 2.05. The first-order valence-electron chi connectivity index (χ1n) is 8.71. The fourth-order valence-corrected chi connectivity index (χ4v) is 3.56. The second-order valence-corrected chi connectivity index (χ2v) is 6.71. The van der Waals surface area contributed by atoms with Crippen LogP contribution in [0.5, 0.6) is 0 Å². The van der Waals surface area contributed by atoms with E-state index in [1.54, 1.807) is 22.9 Å². The van der Waals surface area contributed by atoms with Crippen molar-refractivity contribution in [2.75, 3.05) is 39.3 Å². The van der Waals surface area contributed by atoms with Crippen molar-refractivity contribution in [2.24, 2.45) is 0 Å². The average Bonchev–Trinajstić information content (AvgIpc) is 2.59. The van der Waals surface area contributed by atoms with Crippen LogP contribution in [0.4, 0.5) is 0 Å². The van der Waals surface area contributed by atoms with E-state index in [1.807, 2.05) is 0 Å². The Morgan fingerprint density at radius 1 is 1.17 bits per heavy atom. The highest BCUT2D eigenvalue weighted by molar-refractivity contribution is 7.71. The van der Waals surface area contributed by atoms with Crippen LogP contribution in [-0.4, -0.2) is 63.6 Å². The summed E-state index contributed by atoms with van der Waals surface area (Å²) in [4.78, 5) is 24.8. The Morgan fingerprint density at radius 2 is 1.88 bits per heavy atom. The molecule has 130 valence electrons. The zero-order valence-electron chi connectivity index (χ0n) is 14.2. The lowest BCUT2D eigenvalue weighted by atomic mass is 10.2. The number of pyridine rings is 1. The van der Waals surface area contributed by atoms with Crippen LogP contribution >= 0.6 is 12.2 Å². The zero-order valence-corrected chi connectivity index (χ0v) is 15.0. The predicted molar refractivity (Wildman–Crippen MR) is 99.0 cm³/mol. The standard InChI is InChI=1S/C17H25N5OS/c1-2-7-20-10-12-21(13-11-20)8-4-9-22-16(23)14-5-3-6-18-15(14)19-17(22)24/h3,5-6H,2,4,7-13H2,1H3,(H,18,19,24). The van der Waals surface area contributed by atoms with E-state index in [0.29, 0.717) is 22.3 Å². The highest BCUT2D eigenvalue weighted by atomic mass is 32.1. The van der Waals surface area contributed by atoms with Gasteiger partial charge in [0, 0.05) is 38.9 Å². The third-order valence-electron chi connectivity index (χ3n) is 4.61. The quantitative estimate of drug-likeness (QED) is 0.809. The van der Waals surface area contributed by atoms with Crippen LogP contribution in [0, 0.1) is 4.77 Å². The molecule has 0 bridgehead atoms. The van der Waals surface area contributed by atoms with Gasteiger partial charge in [-0.05, 0) is 50.3 Å². The van der Waals surface area contributed by atoms with Crippen LogP contribution in [0.2, 0.25) is 0 Å². The molecule has 1 aliphatic rings. The average molecular weight is 347 g/mol. The van der Waals surface area contributed by atoms with E-state index in [-0.39, 0.29) is 5.56 Å². The maximum Gasteiger partial charge on any atom is 0.263 e. The molecular weight excluding hydrogens is 322 g/mol. The van der Waals surface area contributed by atoms with Crippen LogP contribution < -0.4 is 5.56 Å². The lowest BCUT2D eigenvalue weighted by molar-refractivity contribution is 0.130. The Morgan fingerprint density at radius 3 is 2.58 bits per heavy atom. The molecule has 3 rings (SSSR count). The number of H-pyrrole nitrogens is 1. The molecule has 1 N–H and O–H groups in total. The third-order valence-corrected chi connectivity index (χ3v) is 4.94. The minimum Gasteiger partial charge on any atom is -0.316 e. The van der Waals surface area contributed by atoms with Gasteiger partial charge in [0.15, 0.2) is 4.77 Å². The first-order chi connectivity index (χ1) is 11.7. The summed E-state index contributed by atoms with van der Waals surface area (Å²) >= 11 is 5.33. The molecule has 3 heterocycles. The first kappa shape index (κ1) is 17.3. The molecule has 1 saturated heterocycles. The summed E-state index contributed by atoms with van der Waals surface area (Å²) in [6.07, 6.45) is 3.81. The third kappa shape index (κ3) is 3.91. The Kier molecular flexibility index (Phi) is 5.76. The molecule has 0 spiro atoms. The van der Waals surface area contributed by atoms with Crippen molar-refractivity contribution in [3.05, 3.63) is 33.5 Å². The van der Waals surface area contributed by atoms with Crippen molar-refractivity contribution in [1.29, 1.82) is 0 Å². The van der Waals surface area contributed by atoms with E-state index in [1.165, 1.54) is 13.0 Å².